The lowest BCUT2D eigenvalue weighted by Gasteiger charge is -2.11. The fourth-order valence-corrected chi connectivity index (χ4v) is 2.77. The second kappa shape index (κ2) is 12.4. The predicted octanol–water partition coefficient (Wildman–Crippen LogP) is 5.48. The molecule has 0 saturated carbocycles. The number of rotatable bonds is 11. The summed E-state index contributed by atoms with van der Waals surface area (Å²) in [5.41, 5.74) is 1.84. The van der Waals surface area contributed by atoms with Crippen LogP contribution in [0, 0.1) is 0 Å². The van der Waals surface area contributed by atoms with E-state index < -0.39 is 0 Å². The van der Waals surface area contributed by atoms with Crippen molar-refractivity contribution >= 4 is 23.6 Å². The Morgan fingerprint density at radius 1 is 1.03 bits per heavy atom. The summed E-state index contributed by atoms with van der Waals surface area (Å²) in [5, 5.41) is 2.77. The Labute approximate surface area is 184 Å². The van der Waals surface area contributed by atoms with Crippen LogP contribution in [0.25, 0.3) is 6.08 Å². The quantitative estimate of drug-likeness (QED) is 0.293. The molecule has 2 rings (SSSR count). The van der Waals surface area contributed by atoms with E-state index in [1.54, 1.807) is 51.3 Å². The molecule has 1 amide bonds. The minimum Gasteiger partial charge on any atom is -0.493 e. The SMILES string of the molecule is CCCCCOc1ccc(/C=C/C(=O)Nc2ccc(C(=O)OC(C)C)cc2)cc1OC. The third-order valence-corrected chi connectivity index (χ3v) is 4.35. The number of methoxy groups -OCH3 is 1. The van der Waals surface area contributed by atoms with Crippen molar-refractivity contribution in [3.8, 4) is 11.5 Å². The number of nitrogens with one attached hydrogen (secondary N) is 1. The summed E-state index contributed by atoms with van der Waals surface area (Å²) in [7, 11) is 1.59. The van der Waals surface area contributed by atoms with Gasteiger partial charge in [-0.2, -0.15) is 0 Å². The molecule has 0 fully saturated rings. The van der Waals surface area contributed by atoms with Crippen molar-refractivity contribution in [1.82, 2.24) is 0 Å². The van der Waals surface area contributed by atoms with Crippen LogP contribution in [0.5, 0.6) is 11.5 Å². The minimum absolute atomic E-state index is 0.183. The largest absolute Gasteiger partial charge is 0.493 e. The van der Waals surface area contributed by atoms with E-state index in [2.05, 4.69) is 12.2 Å². The molecule has 0 saturated heterocycles. The van der Waals surface area contributed by atoms with Crippen LogP contribution in [0.1, 0.15) is 56.0 Å². The molecule has 0 aliphatic rings. The molecule has 31 heavy (non-hydrogen) atoms. The summed E-state index contributed by atoms with van der Waals surface area (Å²) in [4.78, 5) is 24.1. The van der Waals surface area contributed by atoms with Gasteiger partial charge >= 0.3 is 5.97 Å². The molecule has 2 aromatic carbocycles. The Balaban J connectivity index is 1.94. The fourth-order valence-electron chi connectivity index (χ4n) is 2.77. The first-order valence-electron chi connectivity index (χ1n) is 10.5. The first kappa shape index (κ1) is 24.0. The number of ether oxygens (including phenoxy) is 3. The molecule has 166 valence electrons. The van der Waals surface area contributed by atoms with Crippen LogP contribution in [-0.2, 0) is 9.53 Å². The highest BCUT2D eigenvalue weighted by atomic mass is 16.5. The van der Waals surface area contributed by atoms with E-state index >= 15 is 0 Å². The van der Waals surface area contributed by atoms with Gasteiger partial charge in [-0.15, -0.1) is 0 Å². The number of esters is 1. The average Bonchev–Trinajstić information content (AvgIpc) is 2.75. The number of hydrogen-bond donors (Lipinski definition) is 1. The number of hydrogen-bond acceptors (Lipinski definition) is 5. The van der Waals surface area contributed by atoms with Gasteiger partial charge in [0.05, 0.1) is 25.4 Å². The van der Waals surface area contributed by atoms with Crippen molar-refractivity contribution in [2.45, 2.75) is 46.1 Å². The van der Waals surface area contributed by atoms with Gasteiger partial charge in [-0.3, -0.25) is 4.79 Å². The molecule has 0 atom stereocenters. The number of amides is 1. The van der Waals surface area contributed by atoms with Gasteiger partial charge in [0, 0.05) is 11.8 Å². The summed E-state index contributed by atoms with van der Waals surface area (Å²) >= 11 is 0. The molecule has 0 unspecified atom stereocenters. The summed E-state index contributed by atoms with van der Waals surface area (Å²) in [6.07, 6.45) is 6.23. The summed E-state index contributed by atoms with van der Waals surface area (Å²) in [5.74, 6) is 0.648. The summed E-state index contributed by atoms with van der Waals surface area (Å²) < 4.78 is 16.3. The van der Waals surface area contributed by atoms with Crippen LogP contribution in [-0.4, -0.2) is 31.7 Å². The van der Waals surface area contributed by atoms with Crippen molar-refractivity contribution in [2.75, 3.05) is 19.0 Å². The number of benzene rings is 2. The van der Waals surface area contributed by atoms with Crippen LogP contribution >= 0.6 is 0 Å². The second-order valence-electron chi connectivity index (χ2n) is 7.32. The van der Waals surface area contributed by atoms with Gasteiger partial charge in [0.25, 0.3) is 0 Å². The van der Waals surface area contributed by atoms with Crippen LogP contribution in [0.4, 0.5) is 5.69 Å². The molecule has 0 radical (unpaired) electrons. The van der Waals surface area contributed by atoms with E-state index in [1.165, 1.54) is 6.08 Å². The number of anilines is 1. The van der Waals surface area contributed by atoms with Gasteiger partial charge in [0.15, 0.2) is 11.5 Å². The van der Waals surface area contributed by atoms with E-state index in [9.17, 15) is 9.59 Å². The Morgan fingerprint density at radius 2 is 1.77 bits per heavy atom. The lowest BCUT2D eigenvalue weighted by molar-refractivity contribution is -0.111. The number of carbonyl (C=O) groups excluding carboxylic acids is 2. The normalized spacial score (nSPS) is 10.9. The fraction of sp³-hybridized carbons (Fsp3) is 0.360. The zero-order valence-electron chi connectivity index (χ0n) is 18.6. The maximum Gasteiger partial charge on any atom is 0.338 e. The monoisotopic (exact) mass is 425 g/mol. The molecule has 0 aliphatic carbocycles. The van der Waals surface area contributed by atoms with Gasteiger partial charge in [0.2, 0.25) is 5.91 Å². The minimum atomic E-state index is -0.389. The third-order valence-electron chi connectivity index (χ3n) is 4.35. The smallest absolute Gasteiger partial charge is 0.338 e. The Kier molecular flexibility index (Phi) is 9.62. The van der Waals surface area contributed by atoms with E-state index in [0.717, 1.165) is 24.8 Å². The molecule has 2 aromatic rings. The predicted molar refractivity (Wildman–Crippen MR) is 123 cm³/mol. The molecular weight excluding hydrogens is 394 g/mol. The molecule has 0 aromatic heterocycles. The maximum atomic E-state index is 12.2. The first-order valence-corrected chi connectivity index (χ1v) is 10.5. The first-order chi connectivity index (χ1) is 14.9. The summed E-state index contributed by atoms with van der Waals surface area (Å²) in [6, 6.07) is 12.1. The Bertz CT molecular complexity index is 887. The summed E-state index contributed by atoms with van der Waals surface area (Å²) in [6.45, 7) is 6.39. The number of carbonyl (C=O) groups is 2. The van der Waals surface area contributed by atoms with Gasteiger partial charge in [-0.25, -0.2) is 4.79 Å². The highest BCUT2D eigenvalue weighted by Gasteiger charge is 2.09. The lowest BCUT2D eigenvalue weighted by Crippen LogP contribution is -2.12. The highest BCUT2D eigenvalue weighted by Crippen LogP contribution is 2.28. The van der Waals surface area contributed by atoms with Crippen LogP contribution < -0.4 is 14.8 Å². The zero-order valence-corrected chi connectivity index (χ0v) is 18.6. The molecule has 0 bridgehead atoms. The molecule has 6 nitrogen and oxygen atoms in total. The lowest BCUT2D eigenvalue weighted by atomic mass is 10.1. The van der Waals surface area contributed by atoms with Crippen molar-refractivity contribution in [2.24, 2.45) is 0 Å². The maximum absolute atomic E-state index is 12.2. The van der Waals surface area contributed by atoms with Gasteiger partial charge in [0.1, 0.15) is 0 Å². The zero-order chi connectivity index (χ0) is 22.6. The molecule has 0 heterocycles. The van der Waals surface area contributed by atoms with Gasteiger partial charge in [-0.1, -0.05) is 25.8 Å². The average molecular weight is 426 g/mol. The number of unbranched alkanes of at least 4 members (excludes halogenated alkanes) is 2. The van der Waals surface area contributed by atoms with Crippen molar-refractivity contribution < 1.29 is 23.8 Å². The van der Waals surface area contributed by atoms with E-state index in [0.29, 0.717) is 29.4 Å². The molecular formula is C25H31NO5. The second-order valence-corrected chi connectivity index (χ2v) is 7.32. The van der Waals surface area contributed by atoms with E-state index in [4.69, 9.17) is 14.2 Å². The van der Waals surface area contributed by atoms with Crippen molar-refractivity contribution in [1.29, 1.82) is 0 Å². The van der Waals surface area contributed by atoms with E-state index in [1.807, 2.05) is 18.2 Å². The highest BCUT2D eigenvalue weighted by molar-refractivity contribution is 6.02. The molecule has 1 N–H and O–H groups in total. The standard InChI is InChI=1S/C25H31NO5/c1-5-6-7-16-30-22-14-8-19(17-23(22)29-4)9-15-24(27)26-21-12-10-20(11-13-21)25(28)31-18(2)3/h8-15,17-18H,5-7,16H2,1-4H3,(H,26,27)/b15-9+. The van der Waals surface area contributed by atoms with Crippen LogP contribution in [0.2, 0.25) is 0 Å². The Morgan fingerprint density at radius 3 is 2.42 bits per heavy atom. The molecule has 0 aliphatic heterocycles. The third kappa shape index (κ3) is 8.16. The van der Waals surface area contributed by atoms with Crippen molar-refractivity contribution in [3.63, 3.8) is 0 Å². The topological polar surface area (TPSA) is 73.9 Å². The molecule has 0 spiro atoms. The van der Waals surface area contributed by atoms with Crippen molar-refractivity contribution in [3.05, 3.63) is 59.7 Å². The van der Waals surface area contributed by atoms with Crippen LogP contribution in [0.3, 0.4) is 0 Å². The van der Waals surface area contributed by atoms with Crippen LogP contribution in [0.15, 0.2) is 48.5 Å². The van der Waals surface area contributed by atoms with E-state index in [-0.39, 0.29) is 18.0 Å². The van der Waals surface area contributed by atoms with Gasteiger partial charge in [-0.05, 0) is 68.3 Å². The Hall–Kier alpha value is -3.28. The molecule has 6 heteroatoms. The van der Waals surface area contributed by atoms with Gasteiger partial charge < -0.3 is 19.5 Å².